The van der Waals surface area contributed by atoms with Gasteiger partial charge in [0.05, 0.1) is 0 Å². The van der Waals surface area contributed by atoms with Crippen molar-refractivity contribution in [2.45, 2.75) is 11.1 Å². The second-order valence-corrected chi connectivity index (χ2v) is 4.19. The van der Waals surface area contributed by atoms with Crippen LogP contribution in [0.2, 0.25) is 4.73 Å². The third kappa shape index (κ3) is 2.34. The van der Waals surface area contributed by atoms with E-state index in [-0.39, 0.29) is 19.2 Å². The van der Waals surface area contributed by atoms with Gasteiger partial charge < -0.3 is 0 Å². The van der Waals surface area contributed by atoms with Crippen molar-refractivity contribution in [3.63, 3.8) is 0 Å². The van der Waals surface area contributed by atoms with Gasteiger partial charge in [-0.15, -0.1) is 0 Å². The molecule has 0 heterocycles. The molecular weight excluding hydrogens is 144 g/mol. The van der Waals surface area contributed by atoms with Crippen molar-refractivity contribution in [3.8, 4) is 0 Å². The Morgan fingerprint density at radius 3 is 3.22 bits per heavy atom. The standard InChI is InChI=1S/C5H5.C3H5.Ti/c1-2-4-5-3-1;1-3-2;/h1-3H,4H2;3H,1-2H2;. The van der Waals surface area contributed by atoms with Crippen molar-refractivity contribution < 1.29 is 19.2 Å². The molecule has 0 aromatic carbocycles. The minimum atomic E-state index is 0.181. The average Bonchev–Trinajstić information content (AvgIpc) is 2.34. The molecule has 9 heavy (non-hydrogen) atoms. The van der Waals surface area contributed by atoms with Gasteiger partial charge >= 0.3 is 65.1 Å². The topological polar surface area (TPSA) is 0 Å². The molecule has 1 heteroatoms. The molecule has 1 aliphatic rings. The predicted molar refractivity (Wildman–Crippen MR) is 36.8 cm³/mol. The molecule has 0 bridgehead atoms. The van der Waals surface area contributed by atoms with Gasteiger partial charge in [0.2, 0.25) is 0 Å². The van der Waals surface area contributed by atoms with E-state index in [1.54, 1.807) is 3.88 Å². The first kappa shape index (κ1) is 7.05. The fourth-order valence-electron chi connectivity index (χ4n) is 0.782. The van der Waals surface area contributed by atoms with Crippen molar-refractivity contribution in [2.75, 3.05) is 0 Å². The fraction of sp³-hybridized carbons (Fsp3) is 0.250. The van der Waals surface area contributed by atoms with Crippen LogP contribution in [0.1, 0.15) is 6.42 Å². The quantitative estimate of drug-likeness (QED) is 0.432. The van der Waals surface area contributed by atoms with Crippen LogP contribution in [0.15, 0.2) is 34.8 Å². The summed E-state index contributed by atoms with van der Waals surface area (Å²) in [6.07, 6.45) is 9.88. The first-order chi connectivity index (χ1) is 4.43. The predicted octanol–water partition coefficient (Wildman–Crippen LogP) is 2.52. The Labute approximate surface area is 65.3 Å². The Bertz CT molecular complexity index is 154. The maximum atomic E-state index is 3.71. The molecule has 0 aliphatic heterocycles. The molecule has 0 unspecified atom stereocenters. The summed E-state index contributed by atoms with van der Waals surface area (Å²) < 4.78 is 2.91. The molecule has 0 aromatic heterocycles. The number of hydrogen-bond donors (Lipinski definition) is 0. The zero-order chi connectivity index (χ0) is 6.53. The van der Waals surface area contributed by atoms with E-state index >= 15 is 0 Å². The van der Waals surface area contributed by atoms with Crippen molar-refractivity contribution in [1.29, 1.82) is 0 Å². The van der Waals surface area contributed by atoms with Crippen molar-refractivity contribution in [1.82, 2.24) is 0 Å². The molecule has 1 aliphatic carbocycles. The molecule has 0 N–H and O–H groups in total. The first-order valence-electron chi connectivity index (χ1n) is 3.14. The van der Waals surface area contributed by atoms with E-state index in [0.29, 0.717) is 0 Å². The van der Waals surface area contributed by atoms with E-state index in [1.807, 2.05) is 6.08 Å². The summed E-state index contributed by atoms with van der Waals surface area (Å²) in [5.41, 5.74) is 0. The number of rotatable bonds is 3. The van der Waals surface area contributed by atoms with Gasteiger partial charge in [0, 0.05) is 0 Å². The van der Waals surface area contributed by atoms with Gasteiger partial charge in [-0.3, -0.25) is 0 Å². The minimum absolute atomic E-state index is 0.181. The van der Waals surface area contributed by atoms with Gasteiger partial charge in [0.25, 0.3) is 0 Å². The van der Waals surface area contributed by atoms with Crippen LogP contribution in [0.25, 0.3) is 0 Å². The zero-order valence-electron chi connectivity index (χ0n) is 5.43. The van der Waals surface area contributed by atoms with Crippen LogP contribution >= 0.6 is 0 Å². The molecule has 0 nitrogen and oxygen atoms in total. The van der Waals surface area contributed by atoms with E-state index in [2.05, 4.69) is 24.8 Å². The van der Waals surface area contributed by atoms with Gasteiger partial charge in [0.1, 0.15) is 0 Å². The molecule has 46 valence electrons. The van der Waals surface area contributed by atoms with Gasteiger partial charge in [-0.1, -0.05) is 0 Å². The van der Waals surface area contributed by atoms with Crippen LogP contribution in [0.4, 0.5) is 0 Å². The van der Waals surface area contributed by atoms with Crippen LogP contribution in [0.5, 0.6) is 0 Å². The van der Waals surface area contributed by atoms with E-state index in [4.69, 9.17) is 0 Å². The molecule has 0 fully saturated rings. The molecule has 0 saturated heterocycles. The summed E-state index contributed by atoms with van der Waals surface area (Å²) >= 11 is 0.181. The Kier molecular flexibility index (Phi) is 3.03. The SMILES string of the molecule is C=C[CH2][Ti][C]1=CC=CC1. The molecule has 0 amide bonds. The molecule has 0 atom stereocenters. The summed E-state index contributed by atoms with van der Waals surface area (Å²) in [5.74, 6) is 0. The van der Waals surface area contributed by atoms with E-state index in [1.165, 1.54) is 11.1 Å². The molecular formula is C8H10Ti. The second-order valence-electron chi connectivity index (χ2n) is 1.99. The summed E-state index contributed by atoms with van der Waals surface area (Å²) in [7, 11) is 0. The summed E-state index contributed by atoms with van der Waals surface area (Å²) in [4.78, 5) is 0. The molecule has 1 rings (SSSR count). The monoisotopic (exact) mass is 154 g/mol. The summed E-state index contributed by atoms with van der Waals surface area (Å²) in [6, 6.07) is 0. The molecule has 0 radical (unpaired) electrons. The Morgan fingerprint density at radius 2 is 2.67 bits per heavy atom. The van der Waals surface area contributed by atoms with E-state index < -0.39 is 0 Å². The molecule has 0 saturated carbocycles. The van der Waals surface area contributed by atoms with E-state index in [0.717, 1.165) is 0 Å². The van der Waals surface area contributed by atoms with Gasteiger partial charge in [-0.2, -0.15) is 0 Å². The third-order valence-electron chi connectivity index (χ3n) is 1.24. The summed E-state index contributed by atoms with van der Waals surface area (Å²) in [5, 5.41) is 0. The van der Waals surface area contributed by atoms with Crippen molar-refractivity contribution in [2.24, 2.45) is 0 Å². The van der Waals surface area contributed by atoms with Crippen LogP contribution in [-0.4, -0.2) is 0 Å². The molecule has 0 spiro atoms. The van der Waals surface area contributed by atoms with Crippen molar-refractivity contribution >= 4 is 0 Å². The second kappa shape index (κ2) is 3.87. The zero-order valence-corrected chi connectivity index (χ0v) is 6.99. The number of allylic oxidation sites excluding steroid dienone is 5. The fourth-order valence-corrected chi connectivity index (χ4v) is 2.16. The van der Waals surface area contributed by atoms with Gasteiger partial charge in [0.15, 0.2) is 0 Å². The average molecular weight is 154 g/mol. The van der Waals surface area contributed by atoms with Crippen LogP contribution in [0, 0.1) is 0 Å². The van der Waals surface area contributed by atoms with Gasteiger partial charge in [-0.05, 0) is 0 Å². The van der Waals surface area contributed by atoms with Crippen LogP contribution in [0.3, 0.4) is 0 Å². The maximum absolute atomic E-state index is 3.71. The normalized spacial score (nSPS) is 15.3. The Hall–Kier alpha value is -0.0657. The number of hydrogen-bond acceptors (Lipinski definition) is 0. The van der Waals surface area contributed by atoms with Gasteiger partial charge in [-0.25, -0.2) is 0 Å². The third-order valence-corrected chi connectivity index (χ3v) is 3.30. The van der Waals surface area contributed by atoms with E-state index in [9.17, 15) is 0 Å². The van der Waals surface area contributed by atoms with Crippen LogP contribution < -0.4 is 0 Å². The first-order valence-corrected chi connectivity index (χ1v) is 5.02. The molecule has 0 aromatic rings. The summed E-state index contributed by atoms with van der Waals surface area (Å²) in [6.45, 7) is 3.71. The van der Waals surface area contributed by atoms with Crippen molar-refractivity contribution in [3.05, 3.63) is 34.8 Å². The Balaban J connectivity index is 2.21. The Morgan fingerprint density at radius 1 is 1.78 bits per heavy atom. The van der Waals surface area contributed by atoms with Crippen LogP contribution in [-0.2, 0) is 19.2 Å².